The highest BCUT2D eigenvalue weighted by atomic mass is 32.1. The SMILES string of the molecule is Cc1c(-c2cccc(N(C(=O)NCCc3ccccc3)C3CCCCC3)c2)sc(C(=O)O)c1OCC(=O)O. The van der Waals surface area contributed by atoms with Crippen molar-refractivity contribution in [2.75, 3.05) is 18.1 Å². The standard InChI is InChI=1S/C29H32N2O6S/c1-19-25(37-18-24(32)33)27(28(34)35)38-26(19)21-11-8-14-23(17-21)31(22-12-6-3-7-13-22)29(36)30-16-15-20-9-4-2-5-10-20/h2,4-5,8-11,14,17,22H,3,6-7,12-13,15-16,18H2,1H3,(H,30,36)(H,32,33)(H,34,35). The van der Waals surface area contributed by atoms with Crippen molar-refractivity contribution in [3.05, 3.63) is 70.6 Å². The lowest BCUT2D eigenvalue weighted by molar-refractivity contribution is -0.139. The number of nitrogens with zero attached hydrogens (tertiary/aromatic N) is 1. The van der Waals surface area contributed by atoms with Crippen molar-refractivity contribution in [2.45, 2.75) is 51.5 Å². The summed E-state index contributed by atoms with van der Waals surface area (Å²) < 4.78 is 5.34. The van der Waals surface area contributed by atoms with E-state index in [0.717, 1.165) is 66.7 Å². The number of benzene rings is 2. The molecular weight excluding hydrogens is 504 g/mol. The molecule has 0 radical (unpaired) electrons. The van der Waals surface area contributed by atoms with Gasteiger partial charge in [0, 0.05) is 28.7 Å². The average molecular weight is 537 g/mol. The average Bonchev–Trinajstić information content (AvgIpc) is 3.25. The van der Waals surface area contributed by atoms with E-state index in [9.17, 15) is 19.5 Å². The summed E-state index contributed by atoms with van der Waals surface area (Å²) >= 11 is 1.04. The molecule has 0 atom stereocenters. The molecule has 1 aliphatic carbocycles. The van der Waals surface area contributed by atoms with Gasteiger partial charge < -0.3 is 20.3 Å². The van der Waals surface area contributed by atoms with Gasteiger partial charge in [-0.2, -0.15) is 0 Å². The van der Waals surface area contributed by atoms with E-state index in [0.29, 0.717) is 17.0 Å². The zero-order chi connectivity index (χ0) is 27.1. The summed E-state index contributed by atoms with van der Waals surface area (Å²) in [6.07, 6.45) is 5.86. The first kappa shape index (κ1) is 27.2. The van der Waals surface area contributed by atoms with Gasteiger partial charge in [0.15, 0.2) is 11.5 Å². The predicted octanol–water partition coefficient (Wildman–Crippen LogP) is 5.98. The molecule has 38 heavy (non-hydrogen) atoms. The molecule has 3 N–H and O–H groups in total. The van der Waals surface area contributed by atoms with Crippen LogP contribution in [-0.2, 0) is 11.2 Å². The fourth-order valence-corrected chi connectivity index (χ4v) is 5.98. The van der Waals surface area contributed by atoms with Gasteiger partial charge in [-0.05, 0) is 49.4 Å². The summed E-state index contributed by atoms with van der Waals surface area (Å²) in [6, 6.07) is 17.5. The third-order valence-corrected chi connectivity index (χ3v) is 8.01. The summed E-state index contributed by atoms with van der Waals surface area (Å²) in [5.41, 5.74) is 3.20. The van der Waals surface area contributed by atoms with E-state index < -0.39 is 18.5 Å². The fraction of sp³-hybridized carbons (Fsp3) is 0.345. The molecular formula is C29H32N2O6S. The number of rotatable bonds is 10. The lowest BCUT2D eigenvalue weighted by Gasteiger charge is -2.34. The molecule has 2 aromatic carbocycles. The molecule has 1 aromatic heterocycles. The highest BCUT2D eigenvalue weighted by molar-refractivity contribution is 7.18. The number of ether oxygens (including phenoxy) is 1. The van der Waals surface area contributed by atoms with Gasteiger partial charge in [0.25, 0.3) is 0 Å². The molecule has 1 aliphatic rings. The molecule has 0 unspecified atom stereocenters. The van der Waals surface area contributed by atoms with Crippen LogP contribution in [0.15, 0.2) is 54.6 Å². The van der Waals surface area contributed by atoms with Gasteiger partial charge in [0.1, 0.15) is 5.75 Å². The van der Waals surface area contributed by atoms with E-state index in [1.165, 1.54) is 0 Å². The quantitative estimate of drug-likeness (QED) is 0.294. The first-order valence-corrected chi connectivity index (χ1v) is 13.6. The van der Waals surface area contributed by atoms with Crippen molar-refractivity contribution >= 4 is 35.0 Å². The molecule has 1 fully saturated rings. The minimum absolute atomic E-state index is 0.0491. The largest absolute Gasteiger partial charge is 0.480 e. The third-order valence-electron chi connectivity index (χ3n) is 6.70. The third kappa shape index (κ3) is 6.52. The van der Waals surface area contributed by atoms with Crippen molar-refractivity contribution in [1.29, 1.82) is 0 Å². The van der Waals surface area contributed by atoms with Crippen molar-refractivity contribution in [3.63, 3.8) is 0 Å². The zero-order valence-corrected chi connectivity index (χ0v) is 22.1. The van der Waals surface area contributed by atoms with Crippen LogP contribution in [0.2, 0.25) is 0 Å². The number of hydrogen-bond donors (Lipinski definition) is 3. The second-order valence-corrected chi connectivity index (χ2v) is 10.4. The molecule has 0 saturated heterocycles. The predicted molar refractivity (Wildman–Crippen MR) is 147 cm³/mol. The van der Waals surface area contributed by atoms with Gasteiger partial charge >= 0.3 is 18.0 Å². The highest BCUT2D eigenvalue weighted by Gasteiger charge is 2.28. The Morgan fingerprint density at radius 3 is 2.45 bits per heavy atom. The number of carboxylic acids is 2. The Morgan fingerprint density at radius 2 is 1.76 bits per heavy atom. The normalized spacial score (nSPS) is 13.6. The summed E-state index contributed by atoms with van der Waals surface area (Å²) in [7, 11) is 0. The molecule has 9 heteroatoms. The lowest BCUT2D eigenvalue weighted by atomic mass is 9.93. The number of amides is 2. The molecule has 0 bridgehead atoms. The van der Waals surface area contributed by atoms with Gasteiger partial charge in [0.05, 0.1) is 0 Å². The minimum atomic E-state index is -1.18. The van der Waals surface area contributed by atoms with E-state index in [4.69, 9.17) is 9.84 Å². The van der Waals surface area contributed by atoms with Crippen molar-refractivity contribution in [1.82, 2.24) is 5.32 Å². The van der Waals surface area contributed by atoms with Gasteiger partial charge in [-0.15, -0.1) is 11.3 Å². The van der Waals surface area contributed by atoms with Gasteiger partial charge in [-0.1, -0.05) is 61.7 Å². The van der Waals surface area contributed by atoms with E-state index in [1.807, 2.05) is 59.5 Å². The van der Waals surface area contributed by atoms with E-state index in [1.54, 1.807) is 6.92 Å². The van der Waals surface area contributed by atoms with Crippen LogP contribution in [0.1, 0.15) is 52.9 Å². The van der Waals surface area contributed by atoms with Crippen LogP contribution in [0.25, 0.3) is 10.4 Å². The second-order valence-electron chi connectivity index (χ2n) is 9.38. The van der Waals surface area contributed by atoms with Crippen LogP contribution in [0.3, 0.4) is 0 Å². The van der Waals surface area contributed by atoms with Crippen molar-refractivity contribution in [3.8, 4) is 16.2 Å². The number of thiophene rings is 1. The number of anilines is 1. The molecule has 4 rings (SSSR count). The van der Waals surface area contributed by atoms with Crippen molar-refractivity contribution < 1.29 is 29.3 Å². The Morgan fingerprint density at radius 1 is 1.03 bits per heavy atom. The zero-order valence-electron chi connectivity index (χ0n) is 21.3. The number of urea groups is 1. The molecule has 200 valence electrons. The Kier molecular flexibility index (Phi) is 9.02. The molecule has 0 spiro atoms. The molecule has 1 heterocycles. The Bertz CT molecular complexity index is 1280. The maximum atomic E-state index is 13.5. The number of nitrogens with one attached hydrogen (secondary N) is 1. The van der Waals surface area contributed by atoms with Gasteiger partial charge in [-0.3, -0.25) is 4.90 Å². The Balaban J connectivity index is 1.62. The van der Waals surface area contributed by atoms with E-state index in [-0.39, 0.29) is 22.7 Å². The van der Waals surface area contributed by atoms with E-state index in [2.05, 4.69) is 5.32 Å². The second kappa shape index (κ2) is 12.6. The molecule has 1 saturated carbocycles. The molecule has 8 nitrogen and oxygen atoms in total. The fourth-order valence-electron chi connectivity index (χ4n) is 4.90. The number of aromatic carboxylic acids is 1. The van der Waals surface area contributed by atoms with Crippen LogP contribution >= 0.6 is 11.3 Å². The maximum Gasteiger partial charge on any atom is 0.349 e. The van der Waals surface area contributed by atoms with Crippen LogP contribution < -0.4 is 15.0 Å². The Hall–Kier alpha value is -3.85. The minimum Gasteiger partial charge on any atom is -0.480 e. The number of aliphatic carboxylic acids is 1. The van der Waals surface area contributed by atoms with Crippen LogP contribution in [0.5, 0.6) is 5.75 Å². The van der Waals surface area contributed by atoms with Crippen LogP contribution in [0, 0.1) is 6.92 Å². The highest BCUT2D eigenvalue weighted by Crippen LogP contribution is 2.42. The molecule has 3 aromatic rings. The summed E-state index contributed by atoms with van der Waals surface area (Å²) in [5.74, 6) is -2.30. The number of carbonyl (C=O) groups is 3. The number of hydrogen-bond acceptors (Lipinski definition) is 5. The summed E-state index contributed by atoms with van der Waals surface area (Å²) in [4.78, 5) is 38.8. The smallest absolute Gasteiger partial charge is 0.349 e. The molecule has 2 amide bonds. The van der Waals surface area contributed by atoms with Gasteiger partial charge in [0.2, 0.25) is 0 Å². The summed E-state index contributed by atoms with van der Waals surface area (Å²) in [5, 5.41) is 21.8. The summed E-state index contributed by atoms with van der Waals surface area (Å²) in [6.45, 7) is 1.61. The first-order valence-electron chi connectivity index (χ1n) is 12.8. The lowest BCUT2D eigenvalue weighted by Crippen LogP contribution is -2.47. The van der Waals surface area contributed by atoms with Crippen LogP contribution in [0.4, 0.5) is 10.5 Å². The monoisotopic (exact) mass is 536 g/mol. The topological polar surface area (TPSA) is 116 Å². The Labute approximate surface area is 225 Å². The maximum absolute atomic E-state index is 13.5. The number of carbonyl (C=O) groups excluding carboxylic acids is 1. The van der Waals surface area contributed by atoms with E-state index >= 15 is 0 Å². The van der Waals surface area contributed by atoms with Crippen LogP contribution in [-0.4, -0.2) is 47.4 Å². The first-order chi connectivity index (χ1) is 18.3. The van der Waals surface area contributed by atoms with Gasteiger partial charge in [-0.25, -0.2) is 14.4 Å². The van der Waals surface area contributed by atoms with Crippen molar-refractivity contribution in [2.24, 2.45) is 0 Å². The number of carboxylic acid groups (broad SMARTS) is 2. The molecule has 0 aliphatic heterocycles.